The van der Waals surface area contributed by atoms with E-state index in [-0.39, 0.29) is 51.0 Å². The predicted octanol–water partition coefficient (Wildman–Crippen LogP) is 3.32. The predicted molar refractivity (Wildman–Crippen MR) is 159 cm³/mol. The maximum Gasteiger partial charge on any atom is 2.00 e. The van der Waals surface area contributed by atoms with Crippen molar-refractivity contribution in [3.8, 4) is 0 Å². The van der Waals surface area contributed by atoms with Gasteiger partial charge in [-0.3, -0.25) is 14.3 Å². The summed E-state index contributed by atoms with van der Waals surface area (Å²) in [6, 6.07) is 41.5. The van der Waals surface area contributed by atoms with E-state index in [0.29, 0.717) is 5.04 Å². The van der Waals surface area contributed by atoms with Crippen LogP contribution in [-0.4, -0.2) is 8.80 Å². The van der Waals surface area contributed by atoms with E-state index in [4.69, 9.17) is 0 Å². The van der Waals surface area contributed by atoms with Gasteiger partial charge in [-0.15, -0.1) is 6.92 Å². The van der Waals surface area contributed by atoms with Gasteiger partial charge in [-0.1, -0.05) is 38.9 Å². The summed E-state index contributed by atoms with van der Waals surface area (Å²) in [6.07, 6.45) is 3.63. The summed E-state index contributed by atoms with van der Waals surface area (Å²) in [4.78, 5) is 0. The van der Waals surface area contributed by atoms with Crippen LogP contribution in [0.5, 0.6) is 0 Å². The molecule has 202 valence electrons. The van der Waals surface area contributed by atoms with Gasteiger partial charge in [0.05, 0.1) is 0 Å². The molecule has 0 fully saturated rings. The molecule has 2 unspecified atom stereocenters. The van der Waals surface area contributed by atoms with E-state index in [1.54, 1.807) is 5.57 Å². The van der Waals surface area contributed by atoms with Crippen molar-refractivity contribution in [3.05, 3.63) is 156 Å². The second-order valence-corrected chi connectivity index (χ2v) is 12.8. The zero-order valence-corrected chi connectivity index (χ0v) is 29.4. The molecule has 0 nitrogen and oxygen atoms in total. The van der Waals surface area contributed by atoms with Crippen LogP contribution in [0.2, 0.25) is 18.1 Å². The van der Waals surface area contributed by atoms with Gasteiger partial charge in [0, 0.05) is 8.80 Å². The molecular formula is C33H38Cl2PSiZr-5. The van der Waals surface area contributed by atoms with E-state index in [2.05, 4.69) is 76.7 Å². The summed E-state index contributed by atoms with van der Waals surface area (Å²) in [7, 11) is 0.160. The van der Waals surface area contributed by atoms with E-state index in [1.165, 1.54) is 11.1 Å². The van der Waals surface area contributed by atoms with E-state index in [0.717, 1.165) is 8.19 Å². The number of hydrogen-bond acceptors (Lipinski definition) is 0. The van der Waals surface area contributed by atoms with E-state index >= 15 is 0 Å². The van der Waals surface area contributed by atoms with Gasteiger partial charge in [0.15, 0.2) is 0 Å². The van der Waals surface area contributed by atoms with Crippen LogP contribution in [0.15, 0.2) is 126 Å². The third kappa shape index (κ3) is 18.0. The van der Waals surface area contributed by atoms with Crippen molar-refractivity contribution in [1.82, 2.24) is 0 Å². The first-order valence-electron chi connectivity index (χ1n) is 11.9. The fourth-order valence-corrected chi connectivity index (χ4v) is 5.16. The Kier molecular flexibility index (Phi) is 28.0. The second kappa shape index (κ2) is 25.9. The minimum atomic E-state index is -0.663. The van der Waals surface area contributed by atoms with Crippen LogP contribution < -0.4 is 24.8 Å². The average molecular weight is 656 g/mol. The molecule has 2 atom stereocenters. The Morgan fingerprint density at radius 2 is 1.03 bits per heavy atom. The number of rotatable bonds is 1. The van der Waals surface area contributed by atoms with Gasteiger partial charge in [0.25, 0.3) is 0 Å². The fraction of sp³-hybridized carbons (Fsp3) is 0.212. The molecule has 0 bridgehead atoms. The Morgan fingerprint density at radius 3 is 1.13 bits per heavy atom. The van der Waals surface area contributed by atoms with Crippen molar-refractivity contribution in [2.75, 3.05) is 0 Å². The minimum absolute atomic E-state index is 0. The topological polar surface area (TPSA) is 0 Å². The van der Waals surface area contributed by atoms with E-state index in [9.17, 15) is 0 Å². The Balaban J connectivity index is -0.000000411. The van der Waals surface area contributed by atoms with Crippen molar-refractivity contribution in [1.29, 1.82) is 0 Å². The van der Waals surface area contributed by atoms with Gasteiger partial charge in [-0.2, -0.15) is 138 Å². The van der Waals surface area contributed by atoms with Crippen LogP contribution >= 0.6 is 8.19 Å². The van der Waals surface area contributed by atoms with Gasteiger partial charge < -0.3 is 24.8 Å². The molecule has 3 aromatic carbocycles. The largest absolute Gasteiger partial charge is 2.00 e. The van der Waals surface area contributed by atoms with Crippen molar-refractivity contribution in [2.45, 2.75) is 45.8 Å². The first-order chi connectivity index (χ1) is 16.9. The summed E-state index contributed by atoms with van der Waals surface area (Å²) in [5.74, 6) is 5.11. The first kappa shape index (κ1) is 41.1. The number of benzene rings is 3. The summed E-state index contributed by atoms with van der Waals surface area (Å²) in [5.41, 5.74) is 4.40. The maximum absolute atomic E-state index is 3.63. The van der Waals surface area contributed by atoms with Gasteiger partial charge in [0.1, 0.15) is 0 Å². The zero-order valence-electron chi connectivity index (χ0n) is 23.2. The number of allylic oxidation sites excluding steroid dienone is 4. The van der Waals surface area contributed by atoms with Crippen LogP contribution in [0.3, 0.4) is 0 Å². The second-order valence-electron chi connectivity index (χ2n) is 8.40. The molecule has 5 rings (SSSR count). The van der Waals surface area contributed by atoms with Gasteiger partial charge in [0.2, 0.25) is 0 Å². The van der Waals surface area contributed by atoms with Gasteiger partial charge in [-0.05, 0) is 0 Å². The SMILES string of the molecule is CC1=[C-]C(C)([SiH](C)C)C(C)=C1C.[Cl-].[Cl-].[Zr+2].[c-]1ccc[pH]1.[c-]1ccccc1.[c-]1ccccc1.[c-]1ccccc1. The standard InChI is InChI=1S/C11H19Si.3C6H5.C4H4P.2ClH.Zr/c1-8-7-11(4,12(5)6)10(3)9(8)2;3*1-2-4-6-5-3-1;1-2-4-5-3-1;;;/h12H,1-6H3;3*1-5H;1-3,5H;2*1H;/q5*-1;;;+2/p-2. The molecule has 0 amide bonds. The monoisotopic (exact) mass is 653 g/mol. The summed E-state index contributed by atoms with van der Waals surface area (Å²) >= 11 is 0. The van der Waals surface area contributed by atoms with Crippen LogP contribution in [0.4, 0.5) is 0 Å². The normalized spacial score (nSPS) is 14.6. The van der Waals surface area contributed by atoms with Crippen molar-refractivity contribution in [3.63, 3.8) is 0 Å². The first-order valence-corrected chi connectivity index (χ1v) is 15.9. The van der Waals surface area contributed by atoms with Crippen LogP contribution in [0, 0.1) is 30.1 Å². The van der Waals surface area contributed by atoms with Crippen molar-refractivity contribution in [2.24, 2.45) is 0 Å². The molecule has 4 aromatic rings. The maximum atomic E-state index is 3.63. The average Bonchev–Trinajstić information content (AvgIpc) is 3.57. The Labute approximate surface area is 267 Å². The zero-order chi connectivity index (χ0) is 25.8. The Bertz CT molecular complexity index is 882. The van der Waals surface area contributed by atoms with E-state index < -0.39 is 8.80 Å². The Morgan fingerprint density at radius 1 is 0.632 bits per heavy atom. The molecule has 1 aliphatic rings. The summed E-state index contributed by atoms with van der Waals surface area (Å²) < 4.78 is 0. The molecule has 0 aliphatic heterocycles. The molecule has 0 spiro atoms. The molecule has 0 N–H and O–H groups in total. The van der Waals surface area contributed by atoms with E-state index in [1.807, 2.05) is 103 Å². The quantitative estimate of drug-likeness (QED) is 0.218. The number of hydrogen-bond donors (Lipinski definition) is 0. The summed E-state index contributed by atoms with van der Waals surface area (Å²) in [6.45, 7) is 13.8. The van der Waals surface area contributed by atoms with Crippen LogP contribution in [0.1, 0.15) is 27.7 Å². The third-order valence-corrected chi connectivity index (χ3v) is 9.35. The van der Waals surface area contributed by atoms with Crippen LogP contribution in [-0.2, 0) is 26.2 Å². The van der Waals surface area contributed by atoms with Crippen molar-refractivity contribution >= 4 is 17.0 Å². The third-order valence-electron chi connectivity index (χ3n) is 5.77. The Hall–Kier alpha value is -1.40. The van der Waals surface area contributed by atoms with Crippen LogP contribution in [0.25, 0.3) is 0 Å². The summed E-state index contributed by atoms with van der Waals surface area (Å²) in [5, 5.41) is 0.328. The van der Waals surface area contributed by atoms with Crippen molar-refractivity contribution < 1.29 is 51.0 Å². The minimum Gasteiger partial charge on any atom is -1.00 e. The molecule has 1 aromatic heterocycles. The molecule has 1 heterocycles. The smallest absolute Gasteiger partial charge is 1.00 e. The fourth-order valence-electron chi connectivity index (χ4n) is 3.09. The van der Waals surface area contributed by atoms with Gasteiger partial charge in [-0.25, -0.2) is 11.6 Å². The molecule has 0 saturated heterocycles. The molecule has 5 heteroatoms. The van der Waals surface area contributed by atoms with Gasteiger partial charge >= 0.3 is 26.2 Å². The molecular weight excluding hydrogens is 618 g/mol. The molecule has 0 radical (unpaired) electrons. The molecule has 38 heavy (non-hydrogen) atoms. The molecule has 0 saturated carbocycles. The number of halogens is 2. The molecule has 1 aliphatic carbocycles.